The van der Waals surface area contributed by atoms with Crippen molar-refractivity contribution in [2.45, 2.75) is 135 Å². The Labute approximate surface area is 174 Å². The lowest BCUT2D eigenvalue weighted by Gasteiger charge is -2.12. The van der Waals surface area contributed by atoms with Crippen molar-refractivity contribution in [1.29, 1.82) is 0 Å². The first-order chi connectivity index (χ1) is 13.7. The van der Waals surface area contributed by atoms with Crippen molar-refractivity contribution in [3.05, 3.63) is 0 Å². The Morgan fingerprint density at radius 3 is 1.64 bits per heavy atom. The predicted octanol–water partition coefficient (Wildman–Crippen LogP) is 6.06. The second-order valence-electron chi connectivity index (χ2n) is 8.29. The van der Waals surface area contributed by atoms with E-state index >= 15 is 0 Å². The van der Waals surface area contributed by atoms with Crippen LogP contribution in [-0.4, -0.2) is 24.8 Å². The van der Waals surface area contributed by atoms with Gasteiger partial charge in [0.1, 0.15) is 6.29 Å². The molecule has 28 heavy (non-hydrogen) atoms. The second kappa shape index (κ2) is 22.4. The number of carbonyl (C=O) groups is 2. The molecule has 4 nitrogen and oxygen atoms in total. The summed E-state index contributed by atoms with van der Waals surface area (Å²) in [7, 11) is 0. The Hall–Kier alpha value is -0.900. The molecule has 0 rings (SSSR count). The first kappa shape index (κ1) is 27.1. The number of nitrogens with one attached hydrogen (secondary N) is 1. The summed E-state index contributed by atoms with van der Waals surface area (Å²) >= 11 is 0. The van der Waals surface area contributed by atoms with Crippen molar-refractivity contribution < 1.29 is 9.59 Å². The molecule has 1 atom stereocenters. The molecule has 0 bridgehead atoms. The number of rotatable bonds is 22. The molecule has 0 unspecified atom stereocenters. The molecule has 0 aliphatic rings. The largest absolute Gasteiger partial charge is 0.347 e. The van der Waals surface area contributed by atoms with Crippen LogP contribution in [0.5, 0.6) is 0 Å². The summed E-state index contributed by atoms with van der Waals surface area (Å²) in [5.74, 6) is 0.0135. The average Bonchev–Trinajstić information content (AvgIpc) is 2.70. The zero-order valence-electron chi connectivity index (χ0n) is 18.7. The van der Waals surface area contributed by atoms with Gasteiger partial charge < -0.3 is 15.8 Å². The van der Waals surface area contributed by atoms with E-state index in [1.165, 1.54) is 83.5 Å². The summed E-state index contributed by atoms with van der Waals surface area (Å²) in [4.78, 5) is 22.9. The molecule has 0 radical (unpaired) electrons. The average molecular weight is 397 g/mol. The SMILES string of the molecule is CCCCCCCCCCCCCCCCCC(=O)N[C@H](C=O)CCCCN. The lowest BCUT2D eigenvalue weighted by Crippen LogP contribution is -2.35. The number of unbranched alkanes of at least 4 members (excludes halogenated alkanes) is 15. The fourth-order valence-electron chi connectivity index (χ4n) is 3.62. The standard InChI is InChI=1S/C24H48N2O2/c1-2-3-4-5-6-7-8-9-10-11-12-13-14-15-16-20-24(28)26-23(22-27)19-17-18-21-25/h22-23H,2-21,25H2,1H3,(H,26,28)/t23-/m0/s1. The highest BCUT2D eigenvalue weighted by molar-refractivity contribution is 5.79. The maximum atomic E-state index is 11.9. The van der Waals surface area contributed by atoms with E-state index in [0.717, 1.165) is 32.0 Å². The molecular weight excluding hydrogens is 348 g/mol. The minimum atomic E-state index is -0.338. The number of carbonyl (C=O) groups excluding carboxylic acids is 2. The predicted molar refractivity (Wildman–Crippen MR) is 120 cm³/mol. The first-order valence-corrected chi connectivity index (χ1v) is 12.2. The van der Waals surface area contributed by atoms with Gasteiger partial charge in [-0.1, -0.05) is 96.8 Å². The van der Waals surface area contributed by atoms with Crippen molar-refractivity contribution in [3.8, 4) is 0 Å². The van der Waals surface area contributed by atoms with Gasteiger partial charge in [-0.3, -0.25) is 4.79 Å². The molecule has 0 aliphatic heterocycles. The maximum Gasteiger partial charge on any atom is 0.220 e. The van der Waals surface area contributed by atoms with E-state index in [4.69, 9.17) is 5.73 Å². The molecule has 0 heterocycles. The lowest BCUT2D eigenvalue weighted by molar-refractivity contribution is -0.124. The number of hydrogen-bond donors (Lipinski definition) is 2. The summed E-state index contributed by atoms with van der Waals surface area (Å²) < 4.78 is 0. The highest BCUT2D eigenvalue weighted by Crippen LogP contribution is 2.13. The van der Waals surface area contributed by atoms with Crippen LogP contribution in [0.3, 0.4) is 0 Å². The third kappa shape index (κ3) is 19.9. The molecule has 0 spiro atoms. The van der Waals surface area contributed by atoms with Crippen LogP contribution in [0, 0.1) is 0 Å². The van der Waals surface area contributed by atoms with Crippen LogP contribution in [0.4, 0.5) is 0 Å². The van der Waals surface area contributed by atoms with Crippen molar-refractivity contribution in [3.63, 3.8) is 0 Å². The Kier molecular flexibility index (Phi) is 21.7. The van der Waals surface area contributed by atoms with E-state index in [1.807, 2.05) is 0 Å². The van der Waals surface area contributed by atoms with E-state index in [2.05, 4.69) is 12.2 Å². The monoisotopic (exact) mass is 396 g/mol. The summed E-state index contributed by atoms with van der Waals surface area (Å²) in [5.41, 5.74) is 5.45. The summed E-state index contributed by atoms with van der Waals surface area (Å²) in [5, 5.41) is 2.83. The third-order valence-corrected chi connectivity index (χ3v) is 5.49. The number of hydrogen-bond acceptors (Lipinski definition) is 3. The van der Waals surface area contributed by atoms with Crippen molar-refractivity contribution in [1.82, 2.24) is 5.32 Å². The van der Waals surface area contributed by atoms with Crippen LogP contribution in [0.1, 0.15) is 129 Å². The van der Waals surface area contributed by atoms with Crippen LogP contribution in [0.25, 0.3) is 0 Å². The maximum absolute atomic E-state index is 11.9. The molecule has 0 aromatic heterocycles. The first-order valence-electron chi connectivity index (χ1n) is 12.2. The molecule has 0 fully saturated rings. The summed E-state index contributed by atoms with van der Waals surface area (Å²) in [6.07, 6.45) is 23.7. The quantitative estimate of drug-likeness (QED) is 0.172. The zero-order valence-corrected chi connectivity index (χ0v) is 18.7. The second-order valence-corrected chi connectivity index (χ2v) is 8.29. The fraction of sp³-hybridized carbons (Fsp3) is 0.917. The van der Waals surface area contributed by atoms with Crippen LogP contribution >= 0.6 is 0 Å². The van der Waals surface area contributed by atoms with E-state index in [-0.39, 0.29) is 11.9 Å². The molecule has 0 aromatic carbocycles. The van der Waals surface area contributed by atoms with Crippen molar-refractivity contribution in [2.75, 3.05) is 6.54 Å². The fourth-order valence-corrected chi connectivity index (χ4v) is 3.62. The van der Waals surface area contributed by atoms with Gasteiger partial charge in [0.15, 0.2) is 0 Å². The molecule has 0 aliphatic carbocycles. The minimum Gasteiger partial charge on any atom is -0.347 e. The normalized spacial score (nSPS) is 12.1. The molecule has 4 heteroatoms. The van der Waals surface area contributed by atoms with Gasteiger partial charge in [0.25, 0.3) is 0 Å². The molecule has 0 aromatic rings. The Balaban J connectivity index is 3.31. The van der Waals surface area contributed by atoms with Crippen LogP contribution in [0.2, 0.25) is 0 Å². The van der Waals surface area contributed by atoms with Crippen molar-refractivity contribution >= 4 is 12.2 Å². The highest BCUT2D eigenvalue weighted by atomic mass is 16.2. The molecule has 1 amide bonds. The van der Waals surface area contributed by atoms with Gasteiger partial charge in [-0.05, 0) is 32.2 Å². The molecule has 3 N–H and O–H groups in total. The minimum absolute atomic E-state index is 0.0135. The zero-order chi connectivity index (χ0) is 20.7. The topological polar surface area (TPSA) is 72.2 Å². The highest BCUT2D eigenvalue weighted by Gasteiger charge is 2.10. The van der Waals surface area contributed by atoms with Gasteiger partial charge in [0.2, 0.25) is 5.91 Å². The van der Waals surface area contributed by atoms with Gasteiger partial charge in [-0.2, -0.15) is 0 Å². The molecular formula is C24H48N2O2. The number of nitrogens with two attached hydrogens (primary N) is 1. The van der Waals surface area contributed by atoms with Crippen LogP contribution in [-0.2, 0) is 9.59 Å². The van der Waals surface area contributed by atoms with Gasteiger partial charge in [0, 0.05) is 6.42 Å². The van der Waals surface area contributed by atoms with Crippen LogP contribution in [0.15, 0.2) is 0 Å². The smallest absolute Gasteiger partial charge is 0.220 e. The van der Waals surface area contributed by atoms with E-state index < -0.39 is 0 Å². The van der Waals surface area contributed by atoms with Gasteiger partial charge in [-0.25, -0.2) is 0 Å². The third-order valence-electron chi connectivity index (χ3n) is 5.49. The van der Waals surface area contributed by atoms with E-state index in [9.17, 15) is 9.59 Å². The van der Waals surface area contributed by atoms with Gasteiger partial charge in [-0.15, -0.1) is 0 Å². The lowest BCUT2D eigenvalue weighted by atomic mass is 10.0. The molecule has 166 valence electrons. The van der Waals surface area contributed by atoms with Gasteiger partial charge in [0.05, 0.1) is 6.04 Å². The van der Waals surface area contributed by atoms with Crippen LogP contribution < -0.4 is 11.1 Å². The Bertz CT molecular complexity index is 347. The summed E-state index contributed by atoms with van der Waals surface area (Å²) in [6, 6.07) is -0.338. The number of aldehydes is 1. The van der Waals surface area contributed by atoms with E-state index in [1.54, 1.807) is 0 Å². The van der Waals surface area contributed by atoms with Gasteiger partial charge >= 0.3 is 0 Å². The Morgan fingerprint density at radius 2 is 1.21 bits per heavy atom. The Morgan fingerprint density at radius 1 is 0.750 bits per heavy atom. The molecule has 0 saturated heterocycles. The molecule has 0 saturated carbocycles. The van der Waals surface area contributed by atoms with Crippen molar-refractivity contribution in [2.24, 2.45) is 5.73 Å². The van der Waals surface area contributed by atoms with E-state index in [0.29, 0.717) is 19.4 Å². The summed E-state index contributed by atoms with van der Waals surface area (Å²) in [6.45, 7) is 2.91. The number of amides is 1.